The number of carbonyl (C=O) groups is 3. The predicted octanol–water partition coefficient (Wildman–Crippen LogP) is 6.18. The average Bonchev–Trinajstić information content (AvgIpc) is 3.64. The summed E-state index contributed by atoms with van der Waals surface area (Å²) in [5.41, 5.74) is 3.26. The third kappa shape index (κ3) is 4.96. The molecule has 0 radical (unpaired) electrons. The number of anilines is 1. The van der Waals surface area contributed by atoms with Crippen molar-refractivity contribution in [3.63, 3.8) is 0 Å². The number of ketones is 2. The van der Waals surface area contributed by atoms with E-state index in [2.05, 4.69) is 4.98 Å². The lowest BCUT2D eigenvalue weighted by Gasteiger charge is -2.23. The molecule has 1 N–H and O–H groups in total. The molecule has 212 valence electrons. The number of fused-ring (bicyclic) bond motifs is 1. The molecular weight excluding hydrogens is 552 g/mol. The van der Waals surface area contributed by atoms with Crippen molar-refractivity contribution in [1.82, 2.24) is 4.98 Å². The highest BCUT2D eigenvalue weighted by molar-refractivity contribution is 7.18. The lowest BCUT2D eigenvalue weighted by atomic mass is 9.94. The van der Waals surface area contributed by atoms with E-state index in [4.69, 9.17) is 9.47 Å². The van der Waals surface area contributed by atoms with E-state index in [-0.39, 0.29) is 28.4 Å². The maximum absolute atomic E-state index is 13.6. The van der Waals surface area contributed by atoms with E-state index in [1.165, 1.54) is 11.8 Å². The van der Waals surface area contributed by atoms with E-state index < -0.39 is 17.7 Å². The van der Waals surface area contributed by atoms with Crippen LogP contribution in [0.2, 0.25) is 0 Å². The number of benzene rings is 3. The first-order chi connectivity index (χ1) is 20.2. The van der Waals surface area contributed by atoms with E-state index in [9.17, 15) is 19.5 Å². The zero-order chi connectivity index (χ0) is 29.5. The highest BCUT2D eigenvalue weighted by Gasteiger charge is 2.48. The Morgan fingerprint density at radius 2 is 1.88 bits per heavy atom. The Balaban J connectivity index is 1.46. The number of nitrogens with zero attached hydrogens (tertiary/aromatic N) is 2. The minimum Gasteiger partial charge on any atom is -0.507 e. The first-order valence-corrected chi connectivity index (χ1v) is 14.4. The summed E-state index contributed by atoms with van der Waals surface area (Å²) >= 11 is 1.05. The van der Waals surface area contributed by atoms with Gasteiger partial charge in [0, 0.05) is 18.9 Å². The van der Waals surface area contributed by atoms with Crippen molar-refractivity contribution in [2.24, 2.45) is 0 Å². The lowest BCUT2D eigenvalue weighted by Crippen LogP contribution is -2.29. The van der Waals surface area contributed by atoms with Crippen LogP contribution < -0.4 is 14.4 Å². The SMILES string of the molecule is CC(=O)c1sc(N2C(=O)C(=O)C(=C(O)c3ccc4c(c3)C[C@@H](C)O4)[C@H]2c2cccc(OCc3ccccc3)c2)nc1C. The predicted molar refractivity (Wildman–Crippen MR) is 159 cm³/mol. The van der Waals surface area contributed by atoms with Gasteiger partial charge in [-0.25, -0.2) is 4.98 Å². The van der Waals surface area contributed by atoms with Gasteiger partial charge in [-0.1, -0.05) is 53.8 Å². The molecule has 1 amide bonds. The molecular formula is C33H28N2O6S. The fourth-order valence-corrected chi connectivity index (χ4v) is 6.39. The van der Waals surface area contributed by atoms with Crippen LogP contribution in [0.5, 0.6) is 11.5 Å². The molecule has 0 unspecified atom stereocenters. The van der Waals surface area contributed by atoms with Crippen LogP contribution in [0.1, 0.15) is 57.5 Å². The number of rotatable bonds is 7. The van der Waals surface area contributed by atoms with Crippen LogP contribution in [0.4, 0.5) is 5.13 Å². The van der Waals surface area contributed by atoms with E-state index in [0.29, 0.717) is 40.5 Å². The summed E-state index contributed by atoms with van der Waals surface area (Å²) in [6, 6.07) is 21.0. The Kier molecular flexibility index (Phi) is 7.12. The van der Waals surface area contributed by atoms with Gasteiger partial charge >= 0.3 is 5.91 Å². The third-order valence-corrected chi connectivity index (χ3v) is 8.60. The monoisotopic (exact) mass is 580 g/mol. The average molecular weight is 581 g/mol. The number of carbonyl (C=O) groups excluding carboxylic acids is 3. The van der Waals surface area contributed by atoms with Crippen LogP contribution in [0, 0.1) is 6.92 Å². The molecule has 0 spiro atoms. The molecule has 8 nitrogen and oxygen atoms in total. The van der Waals surface area contributed by atoms with Crippen LogP contribution in [0.15, 0.2) is 78.4 Å². The van der Waals surface area contributed by atoms with Gasteiger partial charge in [-0.05, 0) is 60.9 Å². The molecule has 3 aromatic carbocycles. The summed E-state index contributed by atoms with van der Waals surface area (Å²) in [4.78, 5) is 45.6. The van der Waals surface area contributed by atoms with Crippen molar-refractivity contribution < 1.29 is 29.0 Å². The van der Waals surface area contributed by atoms with Gasteiger partial charge in [-0.2, -0.15) is 0 Å². The minimum atomic E-state index is -1.00. The van der Waals surface area contributed by atoms with Gasteiger partial charge in [-0.3, -0.25) is 19.3 Å². The van der Waals surface area contributed by atoms with Crippen LogP contribution in [0.25, 0.3) is 5.76 Å². The van der Waals surface area contributed by atoms with Gasteiger partial charge in [0.2, 0.25) is 0 Å². The molecule has 6 rings (SSSR count). The maximum atomic E-state index is 13.6. The molecule has 2 aliphatic heterocycles. The van der Waals surface area contributed by atoms with Gasteiger partial charge in [0.1, 0.15) is 30.0 Å². The standard InChI is InChI=1S/C33H28N2O6S/c1-18-14-24-15-23(12-13-26(24)41-18)29(37)27-28(22-10-7-11-25(16-22)40-17-21-8-5-4-6-9-21)35(32(39)30(27)38)33-34-19(2)31(42-33)20(3)36/h4-13,15-16,18,28,37H,14,17H2,1-3H3/t18-,28-/m1/s1. The number of aliphatic hydroxyl groups excluding tert-OH is 1. The normalized spacial score (nSPS) is 19.1. The highest BCUT2D eigenvalue weighted by Crippen LogP contribution is 2.45. The van der Waals surface area contributed by atoms with Crippen LogP contribution in [0.3, 0.4) is 0 Å². The van der Waals surface area contributed by atoms with Gasteiger partial charge in [0.25, 0.3) is 5.78 Å². The van der Waals surface area contributed by atoms with E-state index in [1.807, 2.05) is 37.3 Å². The van der Waals surface area contributed by atoms with Crippen molar-refractivity contribution in [2.75, 3.05) is 4.90 Å². The molecule has 1 fully saturated rings. The topological polar surface area (TPSA) is 106 Å². The van der Waals surface area contributed by atoms with Crippen molar-refractivity contribution >= 4 is 39.7 Å². The smallest absolute Gasteiger partial charge is 0.301 e. The molecule has 0 saturated carbocycles. The first kappa shape index (κ1) is 27.4. The highest BCUT2D eigenvalue weighted by atomic mass is 32.1. The van der Waals surface area contributed by atoms with Crippen molar-refractivity contribution in [3.8, 4) is 11.5 Å². The number of aromatic nitrogens is 1. The molecule has 1 saturated heterocycles. The second kappa shape index (κ2) is 10.9. The number of amides is 1. The number of thiazole rings is 1. The first-order valence-electron chi connectivity index (χ1n) is 13.6. The molecule has 0 aliphatic carbocycles. The fraction of sp³-hybridized carbons (Fsp3) is 0.212. The number of hydrogen-bond acceptors (Lipinski definition) is 8. The van der Waals surface area contributed by atoms with Gasteiger partial charge < -0.3 is 14.6 Å². The number of ether oxygens (including phenoxy) is 2. The molecule has 42 heavy (non-hydrogen) atoms. The zero-order valence-electron chi connectivity index (χ0n) is 23.3. The molecule has 1 aromatic heterocycles. The Morgan fingerprint density at radius 1 is 1.10 bits per heavy atom. The third-order valence-electron chi connectivity index (χ3n) is 7.35. The molecule has 3 heterocycles. The molecule has 0 bridgehead atoms. The molecule has 2 aliphatic rings. The zero-order valence-corrected chi connectivity index (χ0v) is 24.1. The largest absolute Gasteiger partial charge is 0.507 e. The lowest BCUT2D eigenvalue weighted by molar-refractivity contribution is -0.132. The Hall–Kier alpha value is -4.76. The Morgan fingerprint density at radius 3 is 2.62 bits per heavy atom. The van der Waals surface area contributed by atoms with Gasteiger partial charge in [0.15, 0.2) is 10.9 Å². The summed E-state index contributed by atoms with van der Waals surface area (Å²) in [5, 5.41) is 11.8. The van der Waals surface area contributed by atoms with Crippen molar-refractivity contribution in [2.45, 2.75) is 45.9 Å². The van der Waals surface area contributed by atoms with Crippen molar-refractivity contribution in [3.05, 3.63) is 111 Å². The number of aliphatic hydroxyl groups is 1. The second-order valence-corrected chi connectivity index (χ2v) is 11.4. The summed E-state index contributed by atoms with van der Waals surface area (Å²) in [5.74, 6) is -0.886. The van der Waals surface area contributed by atoms with E-state index >= 15 is 0 Å². The van der Waals surface area contributed by atoms with Crippen LogP contribution >= 0.6 is 11.3 Å². The van der Waals surface area contributed by atoms with E-state index in [1.54, 1.807) is 49.4 Å². The summed E-state index contributed by atoms with van der Waals surface area (Å²) in [7, 11) is 0. The van der Waals surface area contributed by atoms with Crippen molar-refractivity contribution in [1.29, 1.82) is 0 Å². The number of Topliss-reactive ketones (excluding diaryl/α,β-unsaturated/α-hetero) is 2. The van der Waals surface area contributed by atoms with E-state index in [0.717, 1.165) is 28.2 Å². The van der Waals surface area contributed by atoms with Crippen LogP contribution in [-0.2, 0) is 22.6 Å². The maximum Gasteiger partial charge on any atom is 0.301 e. The summed E-state index contributed by atoms with van der Waals surface area (Å²) in [6.45, 7) is 5.41. The Labute approximate surface area is 246 Å². The number of hydrogen-bond donors (Lipinski definition) is 1. The summed E-state index contributed by atoms with van der Waals surface area (Å²) in [6.07, 6.45) is 0.673. The number of aryl methyl sites for hydroxylation is 1. The quantitative estimate of drug-likeness (QED) is 0.120. The fourth-order valence-electron chi connectivity index (χ4n) is 5.40. The summed E-state index contributed by atoms with van der Waals surface area (Å²) < 4.78 is 11.8. The Bertz CT molecular complexity index is 1760. The molecule has 2 atom stereocenters. The van der Waals surface area contributed by atoms with Gasteiger partial charge in [-0.15, -0.1) is 0 Å². The second-order valence-electron chi connectivity index (χ2n) is 10.4. The molecule has 4 aromatic rings. The minimum absolute atomic E-state index is 0.00483. The van der Waals surface area contributed by atoms with Gasteiger partial charge in [0.05, 0.1) is 22.2 Å². The van der Waals surface area contributed by atoms with Crippen LogP contribution in [-0.4, -0.2) is 33.7 Å². The molecule has 9 heteroatoms.